The van der Waals surface area contributed by atoms with Crippen molar-refractivity contribution in [3.63, 3.8) is 0 Å². The van der Waals surface area contributed by atoms with Crippen LogP contribution in [-0.4, -0.2) is 15.7 Å². The molecule has 0 saturated carbocycles. The van der Waals surface area contributed by atoms with E-state index in [4.69, 9.17) is 0 Å². The van der Waals surface area contributed by atoms with E-state index < -0.39 is 0 Å². The highest BCUT2D eigenvalue weighted by Gasteiger charge is 2.03. The van der Waals surface area contributed by atoms with Crippen molar-refractivity contribution in [1.82, 2.24) is 9.78 Å². The van der Waals surface area contributed by atoms with Gasteiger partial charge in [-0.1, -0.05) is 0 Å². The van der Waals surface area contributed by atoms with Crippen molar-refractivity contribution in [1.29, 1.82) is 0 Å². The molecule has 1 aromatic heterocycles. The molecule has 54 valence electrons. The summed E-state index contributed by atoms with van der Waals surface area (Å²) in [6.07, 6.45) is 1.69. The van der Waals surface area contributed by atoms with Gasteiger partial charge < -0.3 is 0 Å². The van der Waals surface area contributed by atoms with Crippen molar-refractivity contribution in [3.05, 3.63) is 17.5 Å². The van der Waals surface area contributed by atoms with Gasteiger partial charge in [0.1, 0.15) is 0 Å². The third kappa shape index (κ3) is 0.943. The molecule has 0 aliphatic carbocycles. The minimum atomic E-state index is -0.0365. The van der Waals surface area contributed by atoms with Crippen LogP contribution in [0.15, 0.2) is 6.20 Å². The van der Waals surface area contributed by atoms with Crippen LogP contribution in [-0.2, 0) is 0 Å². The number of nitrogens with zero attached hydrogens (tertiary/aromatic N) is 2. The summed E-state index contributed by atoms with van der Waals surface area (Å²) in [4.78, 5) is 10.8. The van der Waals surface area contributed by atoms with Crippen LogP contribution in [0.2, 0.25) is 0 Å². The Morgan fingerprint density at radius 1 is 1.60 bits per heavy atom. The van der Waals surface area contributed by atoms with Crippen LogP contribution in [0.3, 0.4) is 0 Å². The van der Waals surface area contributed by atoms with Crippen molar-refractivity contribution in [2.75, 3.05) is 0 Å². The van der Waals surface area contributed by atoms with E-state index in [-0.39, 0.29) is 5.91 Å². The molecule has 0 N–H and O–H groups in total. The molecule has 0 saturated heterocycles. The molecule has 0 aliphatic heterocycles. The minimum absolute atomic E-state index is 0.0365. The standard InChI is InChI=1S/C7H10N2O/c1-5-4-8-9(6(5)2)7(3)10/h4H,1-3H3. The van der Waals surface area contributed by atoms with Gasteiger partial charge >= 0.3 is 0 Å². The maximum atomic E-state index is 10.8. The average Bonchev–Trinajstić information content (AvgIpc) is 2.14. The Hall–Kier alpha value is -1.12. The van der Waals surface area contributed by atoms with Gasteiger partial charge in [-0.05, 0) is 19.4 Å². The summed E-state index contributed by atoms with van der Waals surface area (Å²) in [5, 5.41) is 3.88. The second-order valence-electron chi connectivity index (χ2n) is 2.34. The Kier molecular flexibility index (Phi) is 1.57. The number of carbonyl (C=O) groups is 1. The number of aryl methyl sites for hydroxylation is 1. The van der Waals surface area contributed by atoms with Gasteiger partial charge in [0.25, 0.3) is 0 Å². The summed E-state index contributed by atoms with van der Waals surface area (Å²) in [7, 11) is 0. The lowest BCUT2D eigenvalue weighted by Gasteiger charge is -1.95. The van der Waals surface area contributed by atoms with Crippen LogP contribution < -0.4 is 0 Å². The fourth-order valence-corrected chi connectivity index (χ4v) is 0.809. The molecule has 1 rings (SSSR count). The summed E-state index contributed by atoms with van der Waals surface area (Å²) in [5.41, 5.74) is 1.97. The molecule has 10 heavy (non-hydrogen) atoms. The largest absolute Gasteiger partial charge is 0.273 e. The van der Waals surface area contributed by atoms with Gasteiger partial charge in [-0.25, -0.2) is 4.68 Å². The van der Waals surface area contributed by atoms with E-state index in [1.54, 1.807) is 6.20 Å². The summed E-state index contributed by atoms with van der Waals surface area (Å²) in [6, 6.07) is 0. The maximum Gasteiger partial charge on any atom is 0.243 e. The fourth-order valence-electron chi connectivity index (χ4n) is 0.809. The second-order valence-corrected chi connectivity index (χ2v) is 2.34. The molecule has 3 nitrogen and oxygen atoms in total. The van der Waals surface area contributed by atoms with Gasteiger partial charge in [0, 0.05) is 12.6 Å². The van der Waals surface area contributed by atoms with E-state index in [9.17, 15) is 4.79 Å². The zero-order valence-electron chi connectivity index (χ0n) is 6.38. The minimum Gasteiger partial charge on any atom is -0.273 e. The van der Waals surface area contributed by atoms with E-state index in [1.165, 1.54) is 11.6 Å². The molecule has 0 unspecified atom stereocenters. The smallest absolute Gasteiger partial charge is 0.243 e. The molecule has 1 heterocycles. The zero-order valence-corrected chi connectivity index (χ0v) is 6.38. The molecule has 0 aliphatic rings. The molecule has 0 spiro atoms. The monoisotopic (exact) mass is 138 g/mol. The van der Waals surface area contributed by atoms with Gasteiger partial charge in [0.05, 0.1) is 6.20 Å². The third-order valence-electron chi connectivity index (χ3n) is 1.55. The first-order chi connectivity index (χ1) is 4.63. The first-order valence-corrected chi connectivity index (χ1v) is 3.15. The lowest BCUT2D eigenvalue weighted by molar-refractivity contribution is 0.0918. The number of carbonyl (C=O) groups excluding carboxylic acids is 1. The quantitative estimate of drug-likeness (QED) is 0.539. The second kappa shape index (κ2) is 2.25. The van der Waals surface area contributed by atoms with Gasteiger partial charge in [-0.2, -0.15) is 5.10 Å². The first kappa shape index (κ1) is 6.99. The van der Waals surface area contributed by atoms with Gasteiger partial charge in [-0.3, -0.25) is 4.79 Å². The summed E-state index contributed by atoms with van der Waals surface area (Å²) in [6.45, 7) is 5.31. The van der Waals surface area contributed by atoms with Crippen molar-refractivity contribution < 1.29 is 4.79 Å². The normalized spacial score (nSPS) is 9.90. The predicted octanol–water partition coefficient (Wildman–Crippen LogP) is 1.16. The van der Waals surface area contributed by atoms with Gasteiger partial charge in [-0.15, -0.1) is 0 Å². The Morgan fingerprint density at radius 2 is 2.20 bits per heavy atom. The van der Waals surface area contributed by atoms with Crippen LogP contribution in [0.5, 0.6) is 0 Å². The maximum absolute atomic E-state index is 10.8. The molecular formula is C7H10N2O. The van der Waals surface area contributed by atoms with Crippen LogP contribution in [0.4, 0.5) is 0 Å². The predicted molar refractivity (Wildman–Crippen MR) is 38.0 cm³/mol. The number of aromatic nitrogens is 2. The van der Waals surface area contributed by atoms with Crippen LogP contribution >= 0.6 is 0 Å². The topological polar surface area (TPSA) is 34.9 Å². The number of hydrogen-bond donors (Lipinski definition) is 0. The van der Waals surface area contributed by atoms with Crippen molar-refractivity contribution in [3.8, 4) is 0 Å². The molecule has 0 atom stereocenters. The highest BCUT2D eigenvalue weighted by Crippen LogP contribution is 2.03. The molecule has 0 amide bonds. The molecule has 0 bridgehead atoms. The Bertz CT molecular complexity index is 263. The molecule has 3 heteroatoms. The highest BCUT2D eigenvalue weighted by molar-refractivity contribution is 5.76. The molecule has 0 radical (unpaired) electrons. The van der Waals surface area contributed by atoms with E-state index >= 15 is 0 Å². The van der Waals surface area contributed by atoms with Gasteiger partial charge in [0.2, 0.25) is 5.91 Å². The third-order valence-corrected chi connectivity index (χ3v) is 1.55. The first-order valence-electron chi connectivity index (χ1n) is 3.15. The molecule has 0 aromatic carbocycles. The number of hydrogen-bond acceptors (Lipinski definition) is 2. The van der Waals surface area contributed by atoms with Crippen LogP contribution in [0.1, 0.15) is 23.0 Å². The summed E-state index contributed by atoms with van der Waals surface area (Å²) >= 11 is 0. The Morgan fingerprint density at radius 3 is 2.40 bits per heavy atom. The highest BCUT2D eigenvalue weighted by atomic mass is 16.2. The zero-order chi connectivity index (χ0) is 7.72. The lowest BCUT2D eigenvalue weighted by atomic mass is 10.3. The van der Waals surface area contributed by atoms with E-state index in [1.807, 2.05) is 13.8 Å². The summed E-state index contributed by atoms with van der Waals surface area (Å²) < 4.78 is 1.40. The van der Waals surface area contributed by atoms with Crippen LogP contribution in [0.25, 0.3) is 0 Å². The lowest BCUT2D eigenvalue weighted by Crippen LogP contribution is -2.08. The molecule has 1 aromatic rings. The van der Waals surface area contributed by atoms with Crippen molar-refractivity contribution in [2.24, 2.45) is 0 Å². The van der Waals surface area contributed by atoms with E-state index in [2.05, 4.69) is 5.10 Å². The summed E-state index contributed by atoms with van der Waals surface area (Å²) in [5.74, 6) is -0.0365. The van der Waals surface area contributed by atoms with Crippen LogP contribution in [0, 0.1) is 13.8 Å². The molecular weight excluding hydrogens is 128 g/mol. The SMILES string of the molecule is CC(=O)n1ncc(C)c1C. The Balaban J connectivity index is 3.17. The van der Waals surface area contributed by atoms with Crippen molar-refractivity contribution in [2.45, 2.75) is 20.8 Å². The Labute approximate surface area is 59.7 Å². The molecule has 0 fully saturated rings. The van der Waals surface area contributed by atoms with Crippen molar-refractivity contribution >= 4 is 5.91 Å². The fraction of sp³-hybridized carbons (Fsp3) is 0.429. The van der Waals surface area contributed by atoms with E-state index in [0.29, 0.717) is 0 Å². The average molecular weight is 138 g/mol. The number of rotatable bonds is 0. The van der Waals surface area contributed by atoms with Gasteiger partial charge in [0.15, 0.2) is 0 Å². The van der Waals surface area contributed by atoms with E-state index in [0.717, 1.165) is 11.3 Å².